The maximum atomic E-state index is 13.0. The number of carbonyl (C=O) groups excluding carboxylic acids is 2. The lowest BCUT2D eigenvalue weighted by Gasteiger charge is -2.34. The fraction of sp³-hybridized carbons (Fsp3) is 0.375. The van der Waals surface area contributed by atoms with Crippen LogP contribution in [0.1, 0.15) is 37.5 Å². The van der Waals surface area contributed by atoms with Crippen LogP contribution in [0.4, 0.5) is 11.4 Å². The molecule has 2 aromatic rings. The van der Waals surface area contributed by atoms with Crippen LogP contribution in [0.25, 0.3) is 0 Å². The van der Waals surface area contributed by atoms with E-state index in [1.807, 2.05) is 24.3 Å². The summed E-state index contributed by atoms with van der Waals surface area (Å²) in [4.78, 5) is 27.3. The van der Waals surface area contributed by atoms with Crippen LogP contribution in [0, 0.1) is 12.3 Å². The molecule has 0 spiro atoms. The van der Waals surface area contributed by atoms with E-state index in [0.717, 1.165) is 11.1 Å². The molecule has 0 radical (unpaired) electrons. The molecule has 2 atom stereocenters. The van der Waals surface area contributed by atoms with E-state index in [1.165, 1.54) is 4.90 Å². The van der Waals surface area contributed by atoms with Gasteiger partial charge in [0.2, 0.25) is 0 Å². The molecule has 1 aliphatic heterocycles. The molecule has 1 heterocycles. The van der Waals surface area contributed by atoms with Crippen LogP contribution in [0.15, 0.2) is 42.5 Å². The second-order valence-corrected chi connectivity index (χ2v) is 8.96. The molecule has 0 bridgehead atoms. The lowest BCUT2D eigenvalue weighted by Crippen LogP contribution is -2.55. The number of benzene rings is 2. The minimum Gasteiger partial charge on any atom is -0.384 e. The highest BCUT2D eigenvalue weighted by atomic mass is 16.5. The van der Waals surface area contributed by atoms with E-state index in [9.17, 15) is 14.7 Å². The number of amides is 2. The van der Waals surface area contributed by atoms with Crippen LogP contribution in [0.3, 0.4) is 0 Å². The molecule has 2 amide bonds. The summed E-state index contributed by atoms with van der Waals surface area (Å²) in [6, 6.07) is 12.6. The summed E-state index contributed by atoms with van der Waals surface area (Å²) in [5.74, 6) is -1.38. The molecule has 170 valence electrons. The standard InChI is InChI=1S/C24H30N4O4/c1-14-5-6-15(21(25)26)13-18(14)27-22(30)19(29)20-23(31)28(11-12-32-20)17-9-7-16(8-10-17)24(2,3)4/h5-10,13,19-20,29H,11-12H2,1-4H3,(H3,25,26)(H,27,30)/t19-,20-/m1/s1. The predicted molar refractivity (Wildman–Crippen MR) is 124 cm³/mol. The van der Waals surface area contributed by atoms with Crippen LogP contribution in [0.5, 0.6) is 0 Å². The van der Waals surface area contributed by atoms with Crippen LogP contribution < -0.4 is 16.0 Å². The Balaban J connectivity index is 1.75. The van der Waals surface area contributed by atoms with Crippen molar-refractivity contribution < 1.29 is 19.4 Å². The Hall–Kier alpha value is -3.23. The summed E-state index contributed by atoms with van der Waals surface area (Å²) in [5.41, 5.74) is 8.90. The Labute approximate surface area is 187 Å². The zero-order valence-corrected chi connectivity index (χ0v) is 18.8. The second kappa shape index (κ2) is 9.10. The number of aliphatic hydroxyl groups is 1. The van der Waals surface area contributed by atoms with Crippen molar-refractivity contribution in [3.63, 3.8) is 0 Å². The Morgan fingerprint density at radius 2 is 1.91 bits per heavy atom. The largest absolute Gasteiger partial charge is 0.384 e. The maximum absolute atomic E-state index is 13.0. The Bertz CT molecular complexity index is 1030. The first-order valence-corrected chi connectivity index (χ1v) is 10.5. The van der Waals surface area contributed by atoms with E-state index in [0.29, 0.717) is 23.5 Å². The summed E-state index contributed by atoms with van der Waals surface area (Å²) in [7, 11) is 0. The number of hydrogen-bond donors (Lipinski definition) is 4. The summed E-state index contributed by atoms with van der Waals surface area (Å²) in [5, 5.41) is 20.8. The third kappa shape index (κ3) is 4.98. The van der Waals surface area contributed by atoms with E-state index in [1.54, 1.807) is 25.1 Å². The number of anilines is 2. The first kappa shape index (κ1) is 23.4. The topological polar surface area (TPSA) is 129 Å². The first-order valence-electron chi connectivity index (χ1n) is 10.5. The molecule has 0 aromatic heterocycles. The van der Waals surface area contributed by atoms with Gasteiger partial charge >= 0.3 is 0 Å². The summed E-state index contributed by atoms with van der Waals surface area (Å²) >= 11 is 0. The first-order chi connectivity index (χ1) is 15.0. The van der Waals surface area contributed by atoms with Gasteiger partial charge in [0, 0.05) is 23.5 Å². The van der Waals surface area contributed by atoms with Gasteiger partial charge in [0.1, 0.15) is 5.84 Å². The molecule has 1 fully saturated rings. The van der Waals surface area contributed by atoms with Crippen LogP contribution in [0.2, 0.25) is 0 Å². The van der Waals surface area contributed by atoms with Crippen LogP contribution >= 0.6 is 0 Å². The van der Waals surface area contributed by atoms with Crippen LogP contribution in [-0.4, -0.2) is 48.1 Å². The highest BCUT2D eigenvalue weighted by Gasteiger charge is 2.39. The van der Waals surface area contributed by atoms with Gasteiger partial charge in [-0.05, 0) is 41.7 Å². The number of ether oxygens (including phenoxy) is 1. The van der Waals surface area contributed by atoms with Gasteiger partial charge in [-0.1, -0.05) is 45.0 Å². The van der Waals surface area contributed by atoms with E-state index in [4.69, 9.17) is 15.9 Å². The number of morpholine rings is 1. The second-order valence-electron chi connectivity index (χ2n) is 8.96. The van der Waals surface area contributed by atoms with Gasteiger partial charge in [0.05, 0.1) is 6.61 Å². The number of carbonyl (C=O) groups is 2. The summed E-state index contributed by atoms with van der Waals surface area (Å²) < 4.78 is 5.48. The number of rotatable bonds is 5. The smallest absolute Gasteiger partial charge is 0.259 e. The molecular formula is C24H30N4O4. The highest BCUT2D eigenvalue weighted by Crippen LogP contribution is 2.27. The van der Waals surface area contributed by atoms with Gasteiger partial charge in [-0.15, -0.1) is 0 Å². The highest BCUT2D eigenvalue weighted by molar-refractivity contribution is 6.04. The number of nitrogens with one attached hydrogen (secondary N) is 2. The van der Waals surface area contributed by atoms with E-state index in [-0.39, 0.29) is 17.9 Å². The fourth-order valence-corrected chi connectivity index (χ4v) is 3.50. The molecule has 0 aliphatic carbocycles. The minimum atomic E-state index is -1.69. The molecule has 3 rings (SSSR count). The van der Waals surface area contributed by atoms with Crippen molar-refractivity contribution in [3.05, 3.63) is 59.2 Å². The fourth-order valence-electron chi connectivity index (χ4n) is 3.50. The van der Waals surface area contributed by atoms with Gasteiger partial charge in [-0.25, -0.2) is 0 Å². The van der Waals surface area contributed by atoms with Gasteiger partial charge in [-0.3, -0.25) is 15.0 Å². The molecule has 2 aromatic carbocycles. The maximum Gasteiger partial charge on any atom is 0.259 e. The zero-order chi connectivity index (χ0) is 23.6. The Morgan fingerprint density at radius 3 is 2.50 bits per heavy atom. The summed E-state index contributed by atoms with van der Waals surface area (Å²) in [6.45, 7) is 8.64. The number of nitrogens with zero attached hydrogens (tertiary/aromatic N) is 1. The molecule has 1 aliphatic rings. The molecule has 0 unspecified atom stereocenters. The van der Waals surface area contributed by atoms with Crippen molar-refractivity contribution in [2.24, 2.45) is 5.73 Å². The van der Waals surface area contributed by atoms with Crippen molar-refractivity contribution in [2.75, 3.05) is 23.4 Å². The molecule has 5 N–H and O–H groups in total. The monoisotopic (exact) mass is 438 g/mol. The van der Waals surface area contributed by atoms with Crippen molar-refractivity contribution in [1.29, 1.82) is 5.41 Å². The Morgan fingerprint density at radius 1 is 1.25 bits per heavy atom. The van der Waals surface area contributed by atoms with Crippen molar-refractivity contribution in [1.82, 2.24) is 0 Å². The predicted octanol–water partition coefficient (Wildman–Crippen LogP) is 2.31. The quantitative estimate of drug-likeness (QED) is 0.421. The minimum absolute atomic E-state index is 0.0117. The van der Waals surface area contributed by atoms with E-state index < -0.39 is 24.0 Å². The average Bonchev–Trinajstić information content (AvgIpc) is 2.74. The van der Waals surface area contributed by atoms with Crippen molar-refractivity contribution >= 4 is 29.0 Å². The van der Waals surface area contributed by atoms with Gasteiger partial charge in [0.25, 0.3) is 11.8 Å². The third-order valence-electron chi connectivity index (χ3n) is 5.53. The van der Waals surface area contributed by atoms with Gasteiger partial charge in [0.15, 0.2) is 12.2 Å². The number of amidine groups is 1. The molecule has 8 nitrogen and oxygen atoms in total. The van der Waals surface area contributed by atoms with Crippen LogP contribution in [-0.2, 0) is 19.7 Å². The molecule has 32 heavy (non-hydrogen) atoms. The number of aliphatic hydroxyl groups excluding tert-OH is 1. The summed E-state index contributed by atoms with van der Waals surface area (Å²) in [6.07, 6.45) is -3.01. The Kier molecular flexibility index (Phi) is 6.66. The van der Waals surface area contributed by atoms with Gasteiger partial charge in [-0.2, -0.15) is 0 Å². The number of hydrogen-bond acceptors (Lipinski definition) is 5. The van der Waals surface area contributed by atoms with Crippen molar-refractivity contribution in [2.45, 2.75) is 45.3 Å². The normalized spacial score (nSPS) is 17.7. The van der Waals surface area contributed by atoms with E-state index in [2.05, 4.69) is 26.1 Å². The number of nitrogens with two attached hydrogens (primary N) is 1. The lowest BCUT2D eigenvalue weighted by molar-refractivity contribution is -0.150. The zero-order valence-electron chi connectivity index (χ0n) is 18.8. The van der Waals surface area contributed by atoms with Gasteiger partial charge < -0.3 is 25.8 Å². The van der Waals surface area contributed by atoms with E-state index >= 15 is 0 Å². The molecular weight excluding hydrogens is 408 g/mol. The molecule has 1 saturated heterocycles. The number of nitrogen functional groups attached to an aromatic ring is 1. The van der Waals surface area contributed by atoms with Crippen molar-refractivity contribution in [3.8, 4) is 0 Å². The lowest BCUT2D eigenvalue weighted by atomic mass is 9.87. The number of aryl methyl sites for hydroxylation is 1. The SMILES string of the molecule is Cc1ccc(C(=N)N)cc1NC(=O)[C@H](O)[C@H]1OCCN(c2ccc(C(C)(C)C)cc2)C1=O. The molecule has 0 saturated carbocycles. The third-order valence-corrected chi connectivity index (χ3v) is 5.53. The average molecular weight is 439 g/mol. The molecule has 8 heteroatoms.